The fourth-order valence-electron chi connectivity index (χ4n) is 3.60. The lowest BCUT2D eigenvalue weighted by molar-refractivity contribution is -0.384. The molecule has 1 fully saturated rings. The first-order valence-corrected chi connectivity index (χ1v) is 13.5. The monoisotopic (exact) mass is 630 g/mol. The van der Waals surface area contributed by atoms with E-state index in [9.17, 15) is 24.5 Å². The van der Waals surface area contributed by atoms with Crippen LogP contribution in [0.25, 0.3) is 6.08 Å². The molecule has 0 unspecified atom stereocenters. The molecule has 1 aliphatic heterocycles. The van der Waals surface area contributed by atoms with E-state index in [-0.39, 0.29) is 22.8 Å². The van der Waals surface area contributed by atoms with Crippen molar-refractivity contribution in [1.29, 1.82) is 0 Å². The molecule has 3 aromatic rings. The number of thioether (sulfide) groups is 1. The maximum absolute atomic E-state index is 13.0. The molecule has 0 aliphatic carbocycles. The first-order chi connectivity index (χ1) is 18.7. The molecule has 0 spiro atoms. The van der Waals surface area contributed by atoms with Gasteiger partial charge in [-0.2, -0.15) is 0 Å². The Morgan fingerprint density at radius 1 is 1.10 bits per heavy atom. The molecular weight excluding hydrogens is 612 g/mol. The molecule has 2 amide bonds. The van der Waals surface area contributed by atoms with Gasteiger partial charge in [0.2, 0.25) is 0 Å². The number of nitro benzene ring substituents is 1. The number of benzene rings is 3. The van der Waals surface area contributed by atoms with Gasteiger partial charge in [-0.15, -0.1) is 0 Å². The summed E-state index contributed by atoms with van der Waals surface area (Å²) in [6.45, 7) is 1.99. The number of nitrogens with zero attached hydrogens (tertiary/aromatic N) is 2. The van der Waals surface area contributed by atoms with Gasteiger partial charge in [-0.1, -0.05) is 23.7 Å². The molecule has 0 radical (unpaired) electrons. The predicted molar refractivity (Wildman–Crippen MR) is 151 cm³/mol. The number of carbonyl (C=O) groups is 3. The van der Waals surface area contributed by atoms with Crippen LogP contribution in [0.5, 0.6) is 11.5 Å². The molecule has 1 saturated heterocycles. The van der Waals surface area contributed by atoms with E-state index in [2.05, 4.69) is 15.9 Å². The molecule has 0 atom stereocenters. The number of nitro groups is 1. The number of hydrogen-bond acceptors (Lipinski definition) is 8. The van der Waals surface area contributed by atoms with Gasteiger partial charge >= 0.3 is 0 Å². The lowest BCUT2D eigenvalue weighted by Crippen LogP contribution is -2.33. The van der Waals surface area contributed by atoms with E-state index in [4.69, 9.17) is 21.1 Å². The van der Waals surface area contributed by atoms with Crippen LogP contribution in [0.3, 0.4) is 0 Å². The zero-order chi connectivity index (χ0) is 28.1. The van der Waals surface area contributed by atoms with Gasteiger partial charge < -0.3 is 9.47 Å². The Morgan fingerprint density at radius 2 is 1.79 bits per heavy atom. The van der Waals surface area contributed by atoms with Crippen LogP contribution < -0.4 is 9.47 Å². The standard InChI is InChI=1S/C27H20BrClN2O7S/c1-2-37-23-12-17(11-21(28)25(23)38-15-16-3-7-19(29)8-4-16)13-24-26(33)30(27(34)39-24)14-22(32)18-5-9-20(10-6-18)31(35)36/h3-13H,2,14-15H2,1H3/b24-13+. The molecule has 1 aliphatic rings. The largest absolute Gasteiger partial charge is 0.490 e. The second-order valence-electron chi connectivity index (χ2n) is 8.17. The lowest BCUT2D eigenvalue weighted by Gasteiger charge is -2.15. The zero-order valence-electron chi connectivity index (χ0n) is 20.4. The number of rotatable bonds is 10. The van der Waals surface area contributed by atoms with E-state index in [1.54, 1.807) is 24.3 Å². The van der Waals surface area contributed by atoms with Crippen molar-refractivity contribution in [2.45, 2.75) is 13.5 Å². The normalized spacial score (nSPS) is 14.1. The number of carbonyl (C=O) groups excluding carboxylic acids is 3. The van der Waals surface area contributed by atoms with Crippen LogP contribution in [-0.2, 0) is 11.4 Å². The quantitative estimate of drug-likeness (QED) is 0.103. The van der Waals surface area contributed by atoms with Gasteiger partial charge in [-0.25, -0.2) is 0 Å². The Morgan fingerprint density at radius 3 is 2.44 bits per heavy atom. The van der Waals surface area contributed by atoms with Crippen molar-refractivity contribution in [1.82, 2.24) is 4.90 Å². The van der Waals surface area contributed by atoms with Crippen LogP contribution in [0.4, 0.5) is 10.5 Å². The van der Waals surface area contributed by atoms with E-state index in [0.717, 1.165) is 10.5 Å². The minimum Gasteiger partial charge on any atom is -0.490 e. The summed E-state index contributed by atoms with van der Waals surface area (Å²) >= 11 is 10.2. The second-order valence-corrected chi connectivity index (χ2v) is 10.5. The summed E-state index contributed by atoms with van der Waals surface area (Å²) in [5, 5.41) is 10.9. The van der Waals surface area contributed by atoms with E-state index in [1.165, 1.54) is 30.3 Å². The average Bonchev–Trinajstić information content (AvgIpc) is 3.16. The molecule has 0 aromatic heterocycles. The van der Waals surface area contributed by atoms with Crippen molar-refractivity contribution in [3.05, 3.63) is 102 Å². The Labute approximate surface area is 241 Å². The fourth-order valence-corrected chi connectivity index (χ4v) is 5.14. The third-order valence-corrected chi connectivity index (χ3v) is 7.25. The smallest absolute Gasteiger partial charge is 0.293 e. The SMILES string of the molecule is CCOc1cc(/C=C2/SC(=O)N(CC(=O)c3ccc([N+](=O)[O-])cc3)C2=O)cc(Br)c1OCc1ccc(Cl)cc1. The highest BCUT2D eigenvalue weighted by molar-refractivity contribution is 9.10. The number of hydrogen-bond donors (Lipinski definition) is 0. The highest BCUT2D eigenvalue weighted by atomic mass is 79.9. The van der Waals surface area contributed by atoms with Crippen LogP contribution in [0.2, 0.25) is 5.02 Å². The molecule has 0 N–H and O–H groups in total. The minimum atomic E-state index is -0.614. The van der Waals surface area contributed by atoms with Crippen LogP contribution in [0.15, 0.2) is 70.0 Å². The number of ether oxygens (including phenoxy) is 2. The summed E-state index contributed by atoms with van der Waals surface area (Å²) in [4.78, 5) is 49.4. The number of amides is 2. The van der Waals surface area contributed by atoms with E-state index in [1.807, 2.05) is 19.1 Å². The number of non-ortho nitro benzene ring substituents is 1. The third-order valence-electron chi connectivity index (χ3n) is 5.50. The van der Waals surface area contributed by atoms with Gasteiger partial charge in [-0.3, -0.25) is 29.4 Å². The van der Waals surface area contributed by atoms with Crippen molar-refractivity contribution in [2.75, 3.05) is 13.2 Å². The van der Waals surface area contributed by atoms with Gasteiger partial charge in [0.15, 0.2) is 17.3 Å². The molecule has 0 saturated carbocycles. The van der Waals surface area contributed by atoms with Crippen molar-refractivity contribution in [2.24, 2.45) is 0 Å². The summed E-state index contributed by atoms with van der Waals surface area (Å²) in [5.41, 5.74) is 1.48. The number of halogens is 2. The van der Waals surface area contributed by atoms with Crippen LogP contribution in [0.1, 0.15) is 28.4 Å². The van der Waals surface area contributed by atoms with Gasteiger partial charge in [0.1, 0.15) is 6.61 Å². The first-order valence-electron chi connectivity index (χ1n) is 11.5. The maximum atomic E-state index is 13.0. The Bertz CT molecular complexity index is 1480. The molecule has 3 aromatic carbocycles. The van der Waals surface area contributed by atoms with Crippen molar-refractivity contribution in [3.63, 3.8) is 0 Å². The van der Waals surface area contributed by atoms with Crippen molar-refractivity contribution < 1.29 is 28.8 Å². The van der Waals surface area contributed by atoms with E-state index in [0.29, 0.717) is 44.9 Å². The second kappa shape index (κ2) is 12.5. The van der Waals surface area contributed by atoms with Crippen LogP contribution in [-0.4, -0.2) is 39.9 Å². The molecule has 4 rings (SSSR count). The van der Waals surface area contributed by atoms with E-state index >= 15 is 0 Å². The number of imide groups is 1. The Hall–Kier alpha value is -3.67. The topological polar surface area (TPSA) is 116 Å². The summed E-state index contributed by atoms with van der Waals surface area (Å²) in [6, 6.07) is 15.6. The van der Waals surface area contributed by atoms with E-state index < -0.39 is 28.4 Å². The molecule has 12 heteroatoms. The molecular formula is C27H20BrClN2O7S. The molecule has 0 bridgehead atoms. The van der Waals surface area contributed by atoms with Crippen LogP contribution >= 0.6 is 39.3 Å². The number of Topliss-reactive ketones (excluding diaryl/α,β-unsaturated/α-hetero) is 1. The van der Waals surface area contributed by atoms with Crippen molar-refractivity contribution >= 4 is 68.0 Å². The number of ketones is 1. The highest BCUT2D eigenvalue weighted by Gasteiger charge is 2.36. The Balaban J connectivity index is 1.51. The Kier molecular flexibility index (Phi) is 9.05. The first kappa shape index (κ1) is 28.3. The molecule has 39 heavy (non-hydrogen) atoms. The molecule has 200 valence electrons. The molecule has 1 heterocycles. The average molecular weight is 632 g/mol. The van der Waals surface area contributed by atoms with Gasteiger partial charge in [0.25, 0.3) is 16.8 Å². The summed E-state index contributed by atoms with van der Waals surface area (Å²) in [7, 11) is 0. The maximum Gasteiger partial charge on any atom is 0.293 e. The minimum absolute atomic E-state index is 0.140. The van der Waals surface area contributed by atoms with Crippen molar-refractivity contribution in [3.8, 4) is 11.5 Å². The third kappa shape index (κ3) is 6.86. The zero-order valence-corrected chi connectivity index (χ0v) is 23.5. The summed E-state index contributed by atoms with van der Waals surface area (Å²) < 4.78 is 12.3. The summed E-state index contributed by atoms with van der Waals surface area (Å²) in [5.74, 6) is -0.208. The highest BCUT2D eigenvalue weighted by Crippen LogP contribution is 2.40. The predicted octanol–water partition coefficient (Wildman–Crippen LogP) is 6.91. The lowest BCUT2D eigenvalue weighted by atomic mass is 10.1. The fraction of sp³-hybridized carbons (Fsp3) is 0.148. The van der Waals surface area contributed by atoms with Gasteiger partial charge in [0.05, 0.1) is 27.5 Å². The van der Waals surface area contributed by atoms with Crippen LogP contribution in [0, 0.1) is 10.1 Å². The molecule has 9 nitrogen and oxygen atoms in total. The van der Waals surface area contributed by atoms with Gasteiger partial charge in [0, 0.05) is 22.7 Å². The summed E-state index contributed by atoms with van der Waals surface area (Å²) in [6.07, 6.45) is 1.54. The van der Waals surface area contributed by atoms with Gasteiger partial charge in [-0.05, 0) is 88.2 Å².